The molecule has 2 aromatic carbocycles. The van der Waals surface area contributed by atoms with Crippen molar-refractivity contribution in [3.05, 3.63) is 89.1 Å². The molecule has 1 N–H and O–H groups in total. The van der Waals surface area contributed by atoms with Crippen LogP contribution in [0.1, 0.15) is 25.2 Å². The summed E-state index contributed by atoms with van der Waals surface area (Å²) in [5.41, 5.74) is 1.32. The molecule has 174 valence electrons. The molecular weight excluding hydrogens is 445 g/mol. The lowest BCUT2D eigenvalue weighted by Crippen LogP contribution is -2.45. The maximum Gasteiger partial charge on any atom is 0.322 e. The Hall–Kier alpha value is -3.32. The standard InChI is InChI=1S/C25H27ClFN3O3/c1-18(2)14-30(25(32)28-22-6-3-5-20(26)13-22)17-24(31)29(16-23-7-4-12-33-23)15-19-8-10-21(27)11-9-19/h3-13,18H,14-17H2,1-2H3,(H,28,32). The molecule has 0 saturated heterocycles. The van der Waals surface area contributed by atoms with Crippen LogP contribution in [0.3, 0.4) is 0 Å². The molecule has 0 aliphatic carbocycles. The van der Waals surface area contributed by atoms with Gasteiger partial charge in [0.15, 0.2) is 0 Å². The molecule has 3 amide bonds. The Balaban J connectivity index is 1.76. The number of nitrogens with zero attached hydrogens (tertiary/aromatic N) is 2. The molecule has 0 unspecified atom stereocenters. The first-order valence-electron chi connectivity index (χ1n) is 10.7. The largest absolute Gasteiger partial charge is 0.467 e. The summed E-state index contributed by atoms with van der Waals surface area (Å²) in [6, 6.07) is 16.0. The average molecular weight is 472 g/mol. The van der Waals surface area contributed by atoms with Gasteiger partial charge in [0.25, 0.3) is 0 Å². The molecule has 0 aliphatic heterocycles. The first-order valence-corrected chi connectivity index (χ1v) is 11.0. The van der Waals surface area contributed by atoms with Crippen LogP contribution in [0.5, 0.6) is 0 Å². The number of rotatable bonds is 9. The second-order valence-corrected chi connectivity index (χ2v) is 8.61. The number of benzene rings is 2. The minimum Gasteiger partial charge on any atom is -0.467 e. The number of nitrogens with one attached hydrogen (secondary N) is 1. The van der Waals surface area contributed by atoms with Crippen molar-refractivity contribution >= 4 is 29.2 Å². The van der Waals surface area contributed by atoms with E-state index in [0.717, 1.165) is 5.56 Å². The molecule has 0 radical (unpaired) electrons. The first kappa shape index (κ1) is 24.3. The maximum absolute atomic E-state index is 13.3. The van der Waals surface area contributed by atoms with Crippen molar-refractivity contribution in [3.63, 3.8) is 0 Å². The Morgan fingerprint density at radius 2 is 1.79 bits per heavy atom. The molecule has 0 bridgehead atoms. The number of urea groups is 1. The van der Waals surface area contributed by atoms with E-state index in [1.54, 1.807) is 59.7 Å². The zero-order valence-electron chi connectivity index (χ0n) is 18.6. The molecule has 0 aliphatic rings. The number of hydrogen-bond donors (Lipinski definition) is 1. The van der Waals surface area contributed by atoms with Gasteiger partial charge in [-0.15, -0.1) is 0 Å². The fourth-order valence-corrected chi connectivity index (χ4v) is 3.52. The number of halogens is 2. The van der Waals surface area contributed by atoms with Crippen LogP contribution >= 0.6 is 11.6 Å². The van der Waals surface area contributed by atoms with Crippen molar-refractivity contribution in [3.8, 4) is 0 Å². The summed E-state index contributed by atoms with van der Waals surface area (Å²) in [6.07, 6.45) is 1.54. The highest BCUT2D eigenvalue weighted by Gasteiger charge is 2.23. The van der Waals surface area contributed by atoms with Gasteiger partial charge in [-0.3, -0.25) is 4.79 Å². The van der Waals surface area contributed by atoms with Crippen molar-refractivity contribution in [2.24, 2.45) is 5.92 Å². The van der Waals surface area contributed by atoms with Crippen LogP contribution in [0.4, 0.5) is 14.9 Å². The SMILES string of the molecule is CC(C)CN(CC(=O)N(Cc1ccc(F)cc1)Cc1ccco1)C(=O)Nc1cccc(Cl)c1. The number of amides is 3. The lowest BCUT2D eigenvalue weighted by Gasteiger charge is -2.28. The van der Waals surface area contributed by atoms with E-state index in [-0.39, 0.29) is 43.3 Å². The number of carbonyl (C=O) groups is 2. The third kappa shape index (κ3) is 7.64. The third-order valence-electron chi connectivity index (χ3n) is 4.84. The van der Waals surface area contributed by atoms with Crippen LogP contribution in [-0.2, 0) is 17.9 Å². The fraction of sp³-hybridized carbons (Fsp3) is 0.280. The summed E-state index contributed by atoms with van der Waals surface area (Å²) in [7, 11) is 0. The highest BCUT2D eigenvalue weighted by atomic mass is 35.5. The van der Waals surface area contributed by atoms with E-state index in [0.29, 0.717) is 23.0 Å². The topological polar surface area (TPSA) is 65.8 Å². The lowest BCUT2D eigenvalue weighted by molar-refractivity contribution is -0.133. The van der Waals surface area contributed by atoms with Crippen LogP contribution < -0.4 is 5.32 Å². The molecule has 33 heavy (non-hydrogen) atoms. The second-order valence-electron chi connectivity index (χ2n) is 8.17. The van der Waals surface area contributed by atoms with Crippen molar-refractivity contribution in [1.29, 1.82) is 0 Å². The first-order chi connectivity index (χ1) is 15.8. The van der Waals surface area contributed by atoms with Gasteiger partial charge in [-0.05, 0) is 53.9 Å². The van der Waals surface area contributed by atoms with Gasteiger partial charge in [0.2, 0.25) is 5.91 Å². The van der Waals surface area contributed by atoms with Gasteiger partial charge in [-0.2, -0.15) is 0 Å². The van der Waals surface area contributed by atoms with E-state index in [2.05, 4.69) is 5.32 Å². The monoisotopic (exact) mass is 471 g/mol. The third-order valence-corrected chi connectivity index (χ3v) is 5.08. The summed E-state index contributed by atoms with van der Waals surface area (Å²) in [4.78, 5) is 29.4. The van der Waals surface area contributed by atoms with Crippen LogP contribution in [0.25, 0.3) is 0 Å². The normalized spacial score (nSPS) is 10.8. The van der Waals surface area contributed by atoms with Crippen molar-refractivity contribution in [2.75, 3.05) is 18.4 Å². The van der Waals surface area contributed by atoms with E-state index in [9.17, 15) is 14.0 Å². The van der Waals surface area contributed by atoms with E-state index in [1.807, 2.05) is 13.8 Å². The van der Waals surface area contributed by atoms with Gasteiger partial charge >= 0.3 is 6.03 Å². The minimum absolute atomic E-state index is 0.119. The van der Waals surface area contributed by atoms with E-state index in [1.165, 1.54) is 17.0 Å². The Kier molecular flexibility index (Phi) is 8.49. The number of carbonyl (C=O) groups excluding carboxylic acids is 2. The zero-order valence-corrected chi connectivity index (χ0v) is 19.4. The van der Waals surface area contributed by atoms with Crippen molar-refractivity contribution in [1.82, 2.24) is 9.80 Å². The molecular formula is C25H27ClFN3O3. The molecule has 1 heterocycles. The molecule has 3 rings (SSSR count). The van der Waals surface area contributed by atoms with Crippen LogP contribution in [0, 0.1) is 11.7 Å². The Bertz CT molecular complexity index is 1060. The predicted molar refractivity (Wildman–Crippen MR) is 126 cm³/mol. The highest BCUT2D eigenvalue weighted by Crippen LogP contribution is 2.17. The molecule has 0 saturated carbocycles. The Morgan fingerprint density at radius 1 is 1.03 bits per heavy atom. The highest BCUT2D eigenvalue weighted by molar-refractivity contribution is 6.30. The minimum atomic E-state index is -0.390. The summed E-state index contributed by atoms with van der Waals surface area (Å²) in [6.45, 7) is 4.71. The number of anilines is 1. The summed E-state index contributed by atoms with van der Waals surface area (Å²) in [5.74, 6) is 0.170. The average Bonchev–Trinajstić information content (AvgIpc) is 3.27. The van der Waals surface area contributed by atoms with Crippen molar-refractivity contribution in [2.45, 2.75) is 26.9 Å². The summed E-state index contributed by atoms with van der Waals surface area (Å²) >= 11 is 6.01. The zero-order chi connectivity index (χ0) is 23.8. The van der Waals surface area contributed by atoms with Gasteiger partial charge in [0.05, 0.1) is 12.8 Å². The van der Waals surface area contributed by atoms with Crippen LogP contribution in [0.15, 0.2) is 71.3 Å². The van der Waals surface area contributed by atoms with Gasteiger partial charge in [-0.1, -0.05) is 43.6 Å². The van der Waals surface area contributed by atoms with E-state index in [4.69, 9.17) is 16.0 Å². The smallest absolute Gasteiger partial charge is 0.322 e. The van der Waals surface area contributed by atoms with Crippen molar-refractivity contribution < 1.29 is 18.4 Å². The van der Waals surface area contributed by atoms with Gasteiger partial charge in [0.1, 0.15) is 18.1 Å². The van der Waals surface area contributed by atoms with E-state index >= 15 is 0 Å². The Labute approximate surface area is 197 Å². The van der Waals surface area contributed by atoms with E-state index < -0.39 is 0 Å². The van der Waals surface area contributed by atoms with Gasteiger partial charge in [-0.25, -0.2) is 9.18 Å². The predicted octanol–water partition coefficient (Wildman–Crippen LogP) is 5.79. The fourth-order valence-electron chi connectivity index (χ4n) is 3.33. The molecule has 0 fully saturated rings. The molecule has 1 aromatic heterocycles. The van der Waals surface area contributed by atoms with Gasteiger partial charge < -0.3 is 19.5 Å². The number of furan rings is 1. The summed E-state index contributed by atoms with van der Waals surface area (Å²) in [5, 5.41) is 3.31. The Morgan fingerprint density at radius 3 is 2.42 bits per heavy atom. The van der Waals surface area contributed by atoms with Crippen LogP contribution in [0.2, 0.25) is 5.02 Å². The van der Waals surface area contributed by atoms with Gasteiger partial charge in [0, 0.05) is 23.8 Å². The molecule has 6 nitrogen and oxygen atoms in total. The summed E-state index contributed by atoms with van der Waals surface area (Å²) < 4.78 is 18.7. The quantitative estimate of drug-likeness (QED) is 0.429. The lowest BCUT2D eigenvalue weighted by atomic mass is 10.2. The number of hydrogen-bond acceptors (Lipinski definition) is 3. The molecule has 8 heteroatoms. The second kappa shape index (κ2) is 11.5. The molecule has 0 spiro atoms. The molecule has 3 aromatic rings. The maximum atomic E-state index is 13.3. The molecule has 0 atom stereocenters. The van der Waals surface area contributed by atoms with Crippen LogP contribution in [-0.4, -0.2) is 34.8 Å².